The Morgan fingerprint density at radius 3 is 2.69 bits per heavy atom. The van der Waals surface area contributed by atoms with Crippen LogP contribution < -0.4 is 5.32 Å². The van der Waals surface area contributed by atoms with Gasteiger partial charge in [-0.05, 0) is 62.1 Å². The van der Waals surface area contributed by atoms with Crippen molar-refractivity contribution in [3.63, 3.8) is 0 Å². The van der Waals surface area contributed by atoms with E-state index in [9.17, 15) is 13.2 Å². The lowest BCUT2D eigenvalue weighted by atomic mass is 9.96. The maximum atomic E-state index is 13.3. The number of piperidine rings is 1. The van der Waals surface area contributed by atoms with Gasteiger partial charge in [0.1, 0.15) is 0 Å². The minimum Gasteiger partial charge on any atom is -0.354 e. The molecule has 2 aliphatic heterocycles. The molecular formula is C24H28ClN3O3S. The third kappa shape index (κ3) is 4.90. The average molecular weight is 474 g/mol. The van der Waals surface area contributed by atoms with Crippen LogP contribution in [0, 0.1) is 0 Å². The molecule has 3 atom stereocenters. The Kier molecular flexibility index (Phi) is 6.98. The fourth-order valence-electron chi connectivity index (χ4n) is 4.62. The Labute approximate surface area is 194 Å². The fraction of sp³-hybridized carbons (Fsp3) is 0.417. The lowest BCUT2D eigenvalue weighted by Gasteiger charge is -2.39. The Balaban J connectivity index is 1.37. The van der Waals surface area contributed by atoms with Crippen LogP contribution in [0.4, 0.5) is 5.69 Å². The van der Waals surface area contributed by atoms with Gasteiger partial charge in [-0.2, -0.15) is 4.31 Å². The van der Waals surface area contributed by atoms with Gasteiger partial charge in [-0.1, -0.05) is 36.2 Å². The third-order valence-corrected chi connectivity index (χ3v) is 8.62. The van der Waals surface area contributed by atoms with Crippen LogP contribution in [-0.4, -0.2) is 43.5 Å². The fourth-order valence-corrected chi connectivity index (χ4v) is 6.62. The first kappa shape index (κ1) is 23.0. The molecule has 32 heavy (non-hydrogen) atoms. The predicted octanol–water partition coefficient (Wildman–Crippen LogP) is 4.67. The molecule has 4 rings (SSSR count). The lowest BCUT2D eigenvalue weighted by Crippen LogP contribution is -2.53. The molecule has 2 heterocycles. The Morgan fingerprint density at radius 1 is 1.16 bits per heavy atom. The zero-order valence-electron chi connectivity index (χ0n) is 18.1. The number of nitrogens with zero attached hydrogens (tertiary/aromatic N) is 2. The molecule has 6 nitrogen and oxygen atoms in total. The molecule has 0 aromatic heterocycles. The van der Waals surface area contributed by atoms with Gasteiger partial charge in [-0.3, -0.25) is 9.79 Å². The van der Waals surface area contributed by atoms with E-state index in [-0.39, 0.29) is 28.8 Å². The molecule has 0 bridgehead atoms. The van der Waals surface area contributed by atoms with Crippen LogP contribution in [0.5, 0.6) is 0 Å². The van der Waals surface area contributed by atoms with E-state index in [0.717, 1.165) is 30.5 Å². The van der Waals surface area contributed by atoms with E-state index in [0.29, 0.717) is 24.4 Å². The van der Waals surface area contributed by atoms with Crippen molar-refractivity contribution in [2.24, 2.45) is 4.99 Å². The van der Waals surface area contributed by atoms with E-state index in [1.54, 1.807) is 16.4 Å². The van der Waals surface area contributed by atoms with Gasteiger partial charge in [0.05, 0.1) is 10.6 Å². The van der Waals surface area contributed by atoms with Crippen molar-refractivity contribution >= 4 is 39.4 Å². The van der Waals surface area contributed by atoms with E-state index in [1.165, 1.54) is 12.1 Å². The Bertz CT molecular complexity index is 1100. The second kappa shape index (κ2) is 9.73. The first-order chi connectivity index (χ1) is 15.4. The van der Waals surface area contributed by atoms with E-state index >= 15 is 0 Å². The topological polar surface area (TPSA) is 78.8 Å². The van der Waals surface area contributed by atoms with E-state index in [4.69, 9.17) is 11.6 Å². The van der Waals surface area contributed by atoms with Crippen molar-refractivity contribution in [3.05, 3.63) is 59.1 Å². The molecule has 2 aromatic carbocycles. The molecule has 2 aliphatic rings. The zero-order valence-corrected chi connectivity index (χ0v) is 19.6. The standard InChI is InChI=1S/C24H28ClN3O3S/c1-17-5-4-6-20(28(17)32(30,31)21-12-10-19(25)11-13-21)16-27-24(29)14-9-18-15-26-23-8-3-2-7-22(18)23/h2-3,7-8,10-13,15,17-18,20H,4-6,9,14,16H2,1H3,(H,27,29)/t17-,18?,20-/m1/s1. The summed E-state index contributed by atoms with van der Waals surface area (Å²) in [6.07, 6.45) is 5.42. The molecule has 2 aromatic rings. The number of amides is 1. The van der Waals surface area contributed by atoms with Crippen LogP contribution in [0.15, 0.2) is 58.4 Å². The molecule has 170 valence electrons. The number of hydrogen-bond donors (Lipinski definition) is 1. The van der Waals surface area contributed by atoms with Crippen LogP contribution in [-0.2, 0) is 14.8 Å². The van der Waals surface area contributed by atoms with Gasteiger partial charge in [0.15, 0.2) is 0 Å². The van der Waals surface area contributed by atoms with Crippen molar-refractivity contribution in [3.8, 4) is 0 Å². The largest absolute Gasteiger partial charge is 0.354 e. The second-order valence-electron chi connectivity index (χ2n) is 8.51. The number of hydrogen-bond acceptors (Lipinski definition) is 4. The van der Waals surface area contributed by atoms with Crippen LogP contribution >= 0.6 is 11.6 Å². The van der Waals surface area contributed by atoms with Crippen molar-refractivity contribution in [2.75, 3.05) is 6.54 Å². The molecule has 0 radical (unpaired) electrons. The SMILES string of the molecule is C[C@@H]1CCC[C@H](CNC(=O)CCC2C=Nc3ccccc32)N1S(=O)(=O)c1ccc(Cl)cc1. The van der Waals surface area contributed by atoms with Gasteiger partial charge in [0.25, 0.3) is 0 Å². The van der Waals surface area contributed by atoms with Crippen LogP contribution in [0.25, 0.3) is 0 Å². The molecule has 0 saturated carbocycles. The van der Waals surface area contributed by atoms with E-state index < -0.39 is 10.0 Å². The number of benzene rings is 2. The number of carbonyl (C=O) groups excluding carboxylic acids is 1. The first-order valence-electron chi connectivity index (χ1n) is 11.0. The van der Waals surface area contributed by atoms with Gasteiger partial charge in [0.2, 0.25) is 15.9 Å². The molecule has 1 N–H and O–H groups in total. The summed E-state index contributed by atoms with van der Waals surface area (Å²) in [4.78, 5) is 17.2. The Morgan fingerprint density at radius 2 is 1.91 bits per heavy atom. The molecular weight excluding hydrogens is 446 g/mol. The quantitative estimate of drug-likeness (QED) is 0.634. The van der Waals surface area contributed by atoms with Crippen LogP contribution in [0.3, 0.4) is 0 Å². The monoisotopic (exact) mass is 473 g/mol. The highest BCUT2D eigenvalue weighted by Crippen LogP contribution is 2.34. The average Bonchev–Trinajstić information content (AvgIpc) is 3.19. The number of rotatable bonds is 7. The molecule has 1 unspecified atom stereocenters. The second-order valence-corrected chi connectivity index (χ2v) is 10.8. The number of aliphatic imine (C=N–C) groups is 1. The van der Waals surface area contributed by atoms with Gasteiger partial charge >= 0.3 is 0 Å². The van der Waals surface area contributed by atoms with Crippen molar-refractivity contribution < 1.29 is 13.2 Å². The minimum atomic E-state index is -3.68. The zero-order chi connectivity index (χ0) is 22.7. The first-order valence-corrected chi connectivity index (χ1v) is 12.9. The minimum absolute atomic E-state index is 0.0650. The highest BCUT2D eigenvalue weighted by Gasteiger charge is 2.38. The Hall–Kier alpha value is -2.22. The van der Waals surface area contributed by atoms with Crippen LogP contribution in [0.2, 0.25) is 5.02 Å². The van der Waals surface area contributed by atoms with E-state index in [2.05, 4.69) is 10.3 Å². The number of sulfonamides is 1. The lowest BCUT2D eigenvalue weighted by molar-refractivity contribution is -0.121. The van der Waals surface area contributed by atoms with Gasteiger partial charge < -0.3 is 5.32 Å². The molecule has 1 amide bonds. The number of para-hydroxylation sites is 1. The summed E-state index contributed by atoms with van der Waals surface area (Å²) in [5.74, 6) is 0.0817. The van der Waals surface area contributed by atoms with Crippen LogP contribution in [0.1, 0.15) is 50.5 Å². The number of halogens is 1. The van der Waals surface area contributed by atoms with Crippen molar-refractivity contribution in [1.82, 2.24) is 9.62 Å². The maximum absolute atomic E-state index is 13.3. The number of carbonyl (C=O) groups is 1. The number of fused-ring (bicyclic) bond motifs is 1. The molecule has 1 fully saturated rings. The van der Waals surface area contributed by atoms with Crippen molar-refractivity contribution in [1.29, 1.82) is 0 Å². The normalized spacial score (nSPS) is 23.1. The molecule has 0 aliphatic carbocycles. The van der Waals surface area contributed by atoms with Crippen molar-refractivity contribution in [2.45, 2.75) is 61.9 Å². The van der Waals surface area contributed by atoms with E-state index in [1.807, 2.05) is 37.4 Å². The van der Waals surface area contributed by atoms with Gasteiger partial charge in [-0.25, -0.2) is 8.42 Å². The smallest absolute Gasteiger partial charge is 0.243 e. The summed E-state index contributed by atoms with van der Waals surface area (Å²) in [6, 6.07) is 13.8. The highest BCUT2D eigenvalue weighted by molar-refractivity contribution is 7.89. The van der Waals surface area contributed by atoms with Gasteiger partial charge in [-0.15, -0.1) is 0 Å². The summed E-state index contributed by atoms with van der Waals surface area (Å²) in [5.41, 5.74) is 2.12. The summed E-state index contributed by atoms with van der Waals surface area (Å²) < 4.78 is 28.2. The maximum Gasteiger partial charge on any atom is 0.243 e. The molecule has 0 spiro atoms. The summed E-state index contributed by atoms with van der Waals surface area (Å²) in [5, 5.41) is 3.47. The summed E-state index contributed by atoms with van der Waals surface area (Å²) in [6.45, 7) is 2.24. The molecule has 8 heteroatoms. The predicted molar refractivity (Wildman–Crippen MR) is 127 cm³/mol. The number of nitrogens with one attached hydrogen (secondary N) is 1. The summed E-state index contributed by atoms with van der Waals surface area (Å²) >= 11 is 5.93. The third-order valence-electron chi connectivity index (χ3n) is 6.29. The highest BCUT2D eigenvalue weighted by atomic mass is 35.5. The summed E-state index contributed by atoms with van der Waals surface area (Å²) in [7, 11) is -3.68. The molecule has 1 saturated heterocycles. The van der Waals surface area contributed by atoms with Gasteiger partial charge in [0, 0.05) is 42.2 Å².